The summed E-state index contributed by atoms with van der Waals surface area (Å²) in [6, 6.07) is 14.9. The van der Waals surface area contributed by atoms with Crippen LogP contribution in [0.25, 0.3) is 0 Å². The minimum absolute atomic E-state index is 0.297. The van der Waals surface area contributed by atoms with Crippen LogP contribution in [0.15, 0.2) is 42.5 Å². The third-order valence-electron chi connectivity index (χ3n) is 3.74. The number of aryl methyl sites for hydroxylation is 1. The van der Waals surface area contributed by atoms with Crippen molar-refractivity contribution in [3.05, 3.63) is 58.6 Å². The molecule has 0 aliphatic carbocycles. The molecule has 2 rings (SSSR count). The molecule has 0 heterocycles. The van der Waals surface area contributed by atoms with Crippen LogP contribution in [0.3, 0.4) is 0 Å². The number of nitrogens with zero attached hydrogens (tertiary/aromatic N) is 1. The van der Waals surface area contributed by atoms with E-state index in [4.69, 9.17) is 11.6 Å². The van der Waals surface area contributed by atoms with Gasteiger partial charge < -0.3 is 10.2 Å². The smallest absolute Gasteiger partial charge is 0.0511 e. The fraction of sp³-hybridized carbons (Fsp3) is 0.333. The summed E-state index contributed by atoms with van der Waals surface area (Å²) in [5.41, 5.74) is 4.92. The van der Waals surface area contributed by atoms with Crippen molar-refractivity contribution in [1.29, 1.82) is 0 Å². The molecule has 2 aromatic rings. The minimum atomic E-state index is 0.297. The van der Waals surface area contributed by atoms with E-state index >= 15 is 0 Å². The first-order valence-electron chi connectivity index (χ1n) is 7.31. The lowest BCUT2D eigenvalue weighted by molar-refractivity contribution is 0.748. The lowest BCUT2D eigenvalue weighted by Gasteiger charge is -2.22. The SMILES string of the molecule is CCC(Nc1ccc(N(C)C)cc1C)c1ccc(Cl)cc1. The van der Waals surface area contributed by atoms with E-state index in [0.717, 1.165) is 11.4 Å². The van der Waals surface area contributed by atoms with E-state index in [2.05, 4.69) is 68.5 Å². The summed E-state index contributed by atoms with van der Waals surface area (Å²) in [6.45, 7) is 4.33. The Morgan fingerprint density at radius 2 is 1.76 bits per heavy atom. The molecule has 112 valence electrons. The van der Waals surface area contributed by atoms with Crippen molar-refractivity contribution in [3.8, 4) is 0 Å². The van der Waals surface area contributed by atoms with Crippen LogP contribution in [0.4, 0.5) is 11.4 Å². The Kier molecular flexibility index (Phi) is 5.13. The molecule has 0 amide bonds. The predicted octanol–water partition coefficient (Wildman–Crippen LogP) is 5.28. The van der Waals surface area contributed by atoms with E-state index in [1.54, 1.807) is 0 Å². The second-order valence-electron chi connectivity index (χ2n) is 5.55. The monoisotopic (exact) mass is 302 g/mol. The number of anilines is 2. The molecule has 0 bridgehead atoms. The summed E-state index contributed by atoms with van der Waals surface area (Å²) >= 11 is 5.97. The van der Waals surface area contributed by atoms with Gasteiger partial charge in [0.1, 0.15) is 0 Å². The fourth-order valence-corrected chi connectivity index (χ4v) is 2.52. The van der Waals surface area contributed by atoms with E-state index in [1.165, 1.54) is 22.5 Å². The zero-order valence-electron chi connectivity index (χ0n) is 13.2. The Bertz CT molecular complexity index is 591. The number of hydrogen-bond donors (Lipinski definition) is 1. The van der Waals surface area contributed by atoms with Gasteiger partial charge in [-0.25, -0.2) is 0 Å². The minimum Gasteiger partial charge on any atom is -0.378 e. The van der Waals surface area contributed by atoms with Gasteiger partial charge in [-0.15, -0.1) is 0 Å². The van der Waals surface area contributed by atoms with Crippen LogP contribution in [0, 0.1) is 6.92 Å². The highest BCUT2D eigenvalue weighted by Gasteiger charge is 2.11. The van der Waals surface area contributed by atoms with Gasteiger partial charge >= 0.3 is 0 Å². The van der Waals surface area contributed by atoms with Gasteiger partial charge in [0.25, 0.3) is 0 Å². The molecule has 0 spiro atoms. The molecule has 0 saturated heterocycles. The average molecular weight is 303 g/mol. The molecule has 1 N–H and O–H groups in total. The number of hydrogen-bond acceptors (Lipinski definition) is 2. The van der Waals surface area contributed by atoms with Crippen molar-refractivity contribution in [2.24, 2.45) is 0 Å². The summed E-state index contributed by atoms with van der Waals surface area (Å²) in [6.07, 6.45) is 1.02. The zero-order chi connectivity index (χ0) is 15.4. The number of nitrogens with one attached hydrogen (secondary N) is 1. The molecule has 2 aromatic carbocycles. The van der Waals surface area contributed by atoms with Crippen LogP contribution in [-0.4, -0.2) is 14.1 Å². The third kappa shape index (κ3) is 3.92. The summed E-state index contributed by atoms with van der Waals surface area (Å²) < 4.78 is 0. The second-order valence-corrected chi connectivity index (χ2v) is 5.99. The molecule has 21 heavy (non-hydrogen) atoms. The molecule has 3 heteroatoms. The van der Waals surface area contributed by atoms with E-state index in [0.29, 0.717) is 6.04 Å². The largest absolute Gasteiger partial charge is 0.378 e. The lowest BCUT2D eigenvalue weighted by Crippen LogP contribution is -2.12. The van der Waals surface area contributed by atoms with E-state index in [1.807, 2.05) is 12.1 Å². The van der Waals surface area contributed by atoms with E-state index in [-0.39, 0.29) is 0 Å². The summed E-state index contributed by atoms with van der Waals surface area (Å²) in [7, 11) is 4.12. The molecule has 0 saturated carbocycles. The summed E-state index contributed by atoms with van der Waals surface area (Å²) in [5, 5.41) is 4.42. The van der Waals surface area contributed by atoms with Crippen LogP contribution < -0.4 is 10.2 Å². The molecule has 0 fully saturated rings. The van der Waals surface area contributed by atoms with Gasteiger partial charge in [0.15, 0.2) is 0 Å². The van der Waals surface area contributed by atoms with Gasteiger partial charge in [0, 0.05) is 30.5 Å². The molecule has 0 aromatic heterocycles. The van der Waals surface area contributed by atoms with Crippen LogP contribution in [0.1, 0.15) is 30.5 Å². The first-order valence-corrected chi connectivity index (χ1v) is 7.69. The van der Waals surface area contributed by atoms with Crippen LogP contribution in [0.5, 0.6) is 0 Å². The standard InChI is InChI=1S/C18H23ClN2/c1-5-17(14-6-8-15(19)9-7-14)20-18-11-10-16(21(3)4)12-13(18)2/h6-12,17,20H,5H2,1-4H3. The Morgan fingerprint density at radius 3 is 2.29 bits per heavy atom. The van der Waals surface area contributed by atoms with Gasteiger partial charge in [0.2, 0.25) is 0 Å². The quantitative estimate of drug-likeness (QED) is 0.808. The summed E-state index contributed by atoms with van der Waals surface area (Å²) in [4.78, 5) is 2.12. The van der Waals surface area contributed by atoms with Crippen LogP contribution in [0.2, 0.25) is 5.02 Å². The van der Waals surface area contributed by atoms with E-state index < -0.39 is 0 Å². The topological polar surface area (TPSA) is 15.3 Å². The average Bonchev–Trinajstić information content (AvgIpc) is 2.47. The third-order valence-corrected chi connectivity index (χ3v) is 3.99. The highest BCUT2D eigenvalue weighted by molar-refractivity contribution is 6.30. The molecular formula is C18H23ClN2. The van der Waals surface area contributed by atoms with Crippen molar-refractivity contribution in [2.45, 2.75) is 26.3 Å². The Hall–Kier alpha value is -1.67. The number of rotatable bonds is 5. The van der Waals surface area contributed by atoms with Crippen molar-refractivity contribution < 1.29 is 0 Å². The van der Waals surface area contributed by atoms with Crippen LogP contribution >= 0.6 is 11.6 Å². The fourth-order valence-electron chi connectivity index (χ4n) is 2.39. The van der Waals surface area contributed by atoms with Crippen molar-refractivity contribution in [2.75, 3.05) is 24.3 Å². The predicted molar refractivity (Wildman–Crippen MR) is 93.6 cm³/mol. The first kappa shape index (κ1) is 15.7. The number of benzene rings is 2. The maximum Gasteiger partial charge on any atom is 0.0511 e. The number of halogens is 1. The Balaban J connectivity index is 2.20. The maximum atomic E-state index is 5.97. The van der Waals surface area contributed by atoms with Crippen molar-refractivity contribution >= 4 is 23.0 Å². The normalized spacial score (nSPS) is 12.0. The Morgan fingerprint density at radius 1 is 1.10 bits per heavy atom. The molecular weight excluding hydrogens is 280 g/mol. The molecule has 1 atom stereocenters. The highest BCUT2D eigenvalue weighted by Crippen LogP contribution is 2.27. The van der Waals surface area contributed by atoms with Gasteiger partial charge in [-0.05, 0) is 54.8 Å². The molecule has 0 aliphatic heterocycles. The van der Waals surface area contributed by atoms with Gasteiger partial charge in [-0.3, -0.25) is 0 Å². The lowest BCUT2D eigenvalue weighted by atomic mass is 10.0. The van der Waals surface area contributed by atoms with Gasteiger partial charge in [0.05, 0.1) is 6.04 Å². The Labute approximate surface area is 132 Å². The molecule has 0 radical (unpaired) electrons. The van der Waals surface area contributed by atoms with Crippen molar-refractivity contribution in [1.82, 2.24) is 0 Å². The second kappa shape index (κ2) is 6.86. The van der Waals surface area contributed by atoms with E-state index in [9.17, 15) is 0 Å². The van der Waals surface area contributed by atoms with Crippen LogP contribution in [-0.2, 0) is 0 Å². The highest BCUT2D eigenvalue weighted by atomic mass is 35.5. The summed E-state index contributed by atoms with van der Waals surface area (Å²) in [5.74, 6) is 0. The first-order chi connectivity index (χ1) is 10.0. The molecule has 2 nitrogen and oxygen atoms in total. The maximum absolute atomic E-state index is 5.97. The molecule has 0 aliphatic rings. The van der Waals surface area contributed by atoms with Crippen molar-refractivity contribution in [3.63, 3.8) is 0 Å². The zero-order valence-corrected chi connectivity index (χ0v) is 13.9. The molecule has 1 unspecified atom stereocenters. The van der Waals surface area contributed by atoms with Gasteiger partial charge in [-0.1, -0.05) is 30.7 Å². The van der Waals surface area contributed by atoms with Gasteiger partial charge in [-0.2, -0.15) is 0 Å².